The molecule has 0 atom stereocenters. The van der Waals surface area contributed by atoms with Crippen LogP contribution in [0.5, 0.6) is 0 Å². The van der Waals surface area contributed by atoms with E-state index in [2.05, 4.69) is 4.98 Å². The van der Waals surface area contributed by atoms with Gasteiger partial charge in [0.15, 0.2) is 4.96 Å². The Bertz CT molecular complexity index is 360. The molecule has 0 saturated heterocycles. The highest BCUT2D eigenvalue weighted by atomic mass is 32.1. The average Bonchev–Trinajstić information content (AvgIpc) is 2.41. The first-order valence-corrected chi connectivity index (χ1v) is 3.84. The Balaban J connectivity index is 2.95. The molecule has 0 aliphatic heterocycles. The van der Waals surface area contributed by atoms with Gasteiger partial charge in [-0.15, -0.1) is 11.3 Å². The highest BCUT2D eigenvalue weighted by Crippen LogP contribution is 2.16. The Hall–Kier alpha value is -1.03. The van der Waals surface area contributed by atoms with Crippen molar-refractivity contribution in [3.05, 3.63) is 17.3 Å². The third-order valence-corrected chi connectivity index (χ3v) is 2.29. The highest BCUT2D eigenvalue weighted by molar-refractivity contribution is 7.15. The quantitative estimate of drug-likeness (QED) is 0.619. The van der Waals surface area contributed by atoms with E-state index in [1.807, 2.05) is 22.9 Å². The molecule has 0 fully saturated rings. The predicted octanol–water partition coefficient (Wildman–Crippen LogP) is 1.29. The molecule has 2 aromatic heterocycles. The van der Waals surface area contributed by atoms with E-state index in [-0.39, 0.29) is 0 Å². The molecule has 3 nitrogen and oxygen atoms in total. The van der Waals surface area contributed by atoms with Gasteiger partial charge < -0.3 is 5.73 Å². The molecule has 0 radical (unpaired) electrons. The SMILES string of the molecule is Cc1c(N)nc2sccn12. The Labute approximate surface area is 62.1 Å². The number of thiazole rings is 1. The fourth-order valence-corrected chi connectivity index (χ4v) is 1.68. The van der Waals surface area contributed by atoms with E-state index in [9.17, 15) is 0 Å². The largest absolute Gasteiger partial charge is 0.382 e. The van der Waals surface area contributed by atoms with Crippen LogP contribution in [0.1, 0.15) is 5.69 Å². The minimum absolute atomic E-state index is 0.631. The second-order valence-electron chi connectivity index (χ2n) is 2.14. The summed E-state index contributed by atoms with van der Waals surface area (Å²) in [5, 5.41) is 1.99. The fourth-order valence-electron chi connectivity index (χ4n) is 0.916. The summed E-state index contributed by atoms with van der Waals surface area (Å²) in [5.41, 5.74) is 6.60. The maximum atomic E-state index is 5.57. The summed E-state index contributed by atoms with van der Waals surface area (Å²) < 4.78 is 1.99. The Kier molecular flexibility index (Phi) is 0.990. The Morgan fingerprint density at radius 2 is 2.50 bits per heavy atom. The lowest BCUT2D eigenvalue weighted by molar-refractivity contribution is 1.14. The Morgan fingerprint density at radius 3 is 3.20 bits per heavy atom. The van der Waals surface area contributed by atoms with Crippen LogP contribution in [0.2, 0.25) is 0 Å². The number of fused-ring (bicyclic) bond motifs is 1. The van der Waals surface area contributed by atoms with Crippen molar-refractivity contribution >= 4 is 22.1 Å². The zero-order valence-electron chi connectivity index (χ0n) is 5.53. The van der Waals surface area contributed by atoms with Crippen molar-refractivity contribution in [3.8, 4) is 0 Å². The van der Waals surface area contributed by atoms with E-state index in [0.717, 1.165) is 10.7 Å². The molecule has 0 saturated carbocycles. The lowest BCUT2D eigenvalue weighted by Crippen LogP contribution is -1.87. The number of rotatable bonds is 0. The molecule has 0 aliphatic rings. The van der Waals surface area contributed by atoms with Crippen molar-refractivity contribution in [2.75, 3.05) is 5.73 Å². The van der Waals surface area contributed by atoms with Crippen LogP contribution in [0.4, 0.5) is 5.82 Å². The van der Waals surface area contributed by atoms with Crippen LogP contribution in [-0.4, -0.2) is 9.38 Å². The number of aryl methyl sites for hydroxylation is 1. The molecule has 0 aromatic carbocycles. The van der Waals surface area contributed by atoms with Gasteiger partial charge in [-0.3, -0.25) is 4.40 Å². The van der Waals surface area contributed by atoms with E-state index in [4.69, 9.17) is 5.73 Å². The molecule has 0 amide bonds. The molecule has 2 N–H and O–H groups in total. The average molecular weight is 153 g/mol. The standard InChI is InChI=1S/C6H7N3S/c1-4-5(7)8-6-9(4)2-3-10-6/h2-3H,7H2,1H3. The number of nitrogen functional groups attached to an aromatic ring is 1. The van der Waals surface area contributed by atoms with Gasteiger partial charge in [0.1, 0.15) is 5.82 Å². The topological polar surface area (TPSA) is 43.3 Å². The van der Waals surface area contributed by atoms with Gasteiger partial charge in [0.25, 0.3) is 0 Å². The molecule has 0 aliphatic carbocycles. The van der Waals surface area contributed by atoms with Crippen LogP contribution < -0.4 is 5.73 Å². The molecule has 52 valence electrons. The van der Waals surface area contributed by atoms with Crippen LogP contribution in [0.25, 0.3) is 4.96 Å². The molecular formula is C6H7N3S. The minimum atomic E-state index is 0.631. The van der Waals surface area contributed by atoms with Crippen molar-refractivity contribution in [1.29, 1.82) is 0 Å². The molecule has 0 bridgehead atoms. The summed E-state index contributed by atoms with van der Waals surface area (Å²) in [4.78, 5) is 5.10. The lowest BCUT2D eigenvalue weighted by Gasteiger charge is -1.86. The first-order chi connectivity index (χ1) is 4.79. The molecule has 0 unspecified atom stereocenters. The monoisotopic (exact) mass is 153 g/mol. The molecule has 4 heteroatoms. The smallest absolute Gasteiger partial charge is 0.195 e. The molecule has 10 heavy (non-hydrogen) atoms. The summed E-state index contributed by atoms with van der Waals surface area (Å²) in [6.45, 7) is 1.96. The van der Waals surface area contributed by atoms with Crippen molar-refractivity contribution in [3.63, 3.8) is 0 Å². The number of nitrogens with two attached hydrogens (primary N) is 1. The van der Waals surface area contributed by atoms with Crippen LogP contribution in [0, 0.1) is 6.92 Å². The van der Waals surface area contributed by atoms with E-state index in [0.29, 0.717) is 5.82 Å². The zero-order valence-corrected chi connectivity index (χ0v) is 6.35. The predicted molar refractivity (Wildman–Crippen MR) is 42.2 cm³/mol. The number of anilines is 1. The molecule has 2 rings (SSSR count). The van der Waals surface area contributed by atoms with Crippen LogP contribution in [0.3, 0.4) is 0 Å². The highest BCUT2D eigenvalue weighted by Gasteiger charge is 2.03. The second-order valence-corrected chi connectivity index (χ2v) is 3.01. The number of nitrogens with zero attached hydrogens (tertiary/aromatic N) is 2. The van der Waals surface area contributed by atoms with Gasteiger partial charge in [0.05, 0.1) is 5.69 Å². The molecular weight excluding hydrogens is 146 g/mol. The number of aromatic nitrogens is 2. The van der Waals surface area contributed by atoms with Gasteiger partial charge in [0.2, 0.25) is 0 Å². The molecule has 2 heterocycles. The van der Waals surface area contributed by atoms with E-state index in [1.165, 1.54) is 0 Å². The first kappa shape index (κ1) is 5.73. The van der Waals surface area contributed by atoms with Gasteiger partial charge in [-0.2, -0.15) is 0 Å². The fraction of sp³-hybridized carbons (Fsp3) is 0.167. The van der Waals surface area contributed by atoms with Crippen molar-refractivity contribution in [2.45, 2.75) is 6.92 Å². The van der Waals surface area contributed by atoms with Crippen LogP contribution in [-0.2, 0) is 0 Å². The van der Waals surface area contributed by atoms with Crippen molar-refractivity contribution < 1.29 is 0 Å². The molecule has 0 spiro atoms. The number of imidazole rings is 1. The summed E-state index contributed by atoms with van der Waals surface area (Å²) >= 11 is 1.59. The van der Waals surface area contributed by atoms with Gasteiger partial charge in [-0.05, 0) is 6.92 Å². The van der Waals surface area contributed by atoms with Gasteiger partial charge >= 0.3 is 0 Å². The van der Waals surface area contributed by atoms with E-state index < -0.39 is 0 Å². The molecule has 2 aromatic rings. The summed E-state index contributed by atoms with van der Waals surface area (Å²) in [5.74, 6) is 0.631. The van der Waals surface area contributed by atoms with Crippen LogP contribution >= 0.6 is 11.3 Å². The zero-order chi connectivity index (χ0) is 7.14. The van der Waals surface area contributed by atoms with Gasteiger partial charge in [0, 0.05) is 11.6 Å². The number of hydrogen-bond donors (Lipinski definition) is 1. The van der Waals surface area contributed by atoms with E-state index in [1.54, 1.807) is 11.3 Å². The third-order valence-electron chi connectivity index (χ3n) is 1.54. The summed E-state index contributed by atoms with van der Waals surface area (Å²) in [6.07, 6.45) is 1.97. The normalized spacial score (nSPS) is 10.9. The van der Waals surface area contributed by atoms with Crippen molar-refractivity contribution in [2.24, 2.45) is 0 Å². The third kappa shape index (κ3) is 0.565. The second kappa shape index (κ2) is 1.73. The maximum Gasteiger partial charge on any atom is 0.195 e. The maximum absolute atomic E-state index is 5.57. The van der Waals surface area contributed by atoms with Gasteiger partial charge in [-0.25, -0.2) is 4.98 Å². The lowest BCUT2D eigenvalue weighted by atomic mass is 10.5. The van der Waals surface area contributed by atoms with Gasteiger partial charge in [-0.1, -0.05) is 0 Å². The summed E-state index contributed by atoms with van der Waals surface area (Å²) in [6, 6.07) is 0. The first-order valence-electron chi connectivity index (χ1n) is 2.96. The minimum Gasteiger partial charge on any atom is -0.382 e. The van der Waals surface area contributed by atoms with Crippen LogP contribution in [0.15, 0.2) is 11.6 Å². The Morgan fingerprint density at radius 1 is 1.70 bits per heavy atom. The number of hydrogen-bond acceptors (Lipinski definition) is 3. The van der Waals surface area contributed by atoms with Crippen molar-refractivity contribution in [1.82, 2.24) is 9.38 Å². The summed E-state index contributed by atoms with van der Waals surface area (Å²) in [7, 11) is 0. The van der Waals surface area contributed by atoms with E-state index >= 15 is 0 Å².